The van der Waals surface area contributed by atoms with Crippen molar-refractivity contribution in [2.45, 2.75) is 18.7 Å². The van der Waals surface area contributed by atoms with E-state index in [2.05, 4.69) is 10.2 Å². The van der Waals surface area contributed by atoms with Gasteiger partial charge in [-0.2, -0.15) is 0 Å². The van der Waals surface area contributed by atoms with Crippen LogP contribution in [0.3, 0.4) is 0 Å². The van der Waals surface area contributed by atoms with E-state index in [9.17, 15) is 4.79 Å². The summed E-state index contributed by atoms with van der Waals surface area (Å²) in [6, 6.07) is 3.52. The van der Waals surface area contributed by atoms with E-state index in [0.29, 0.717) is 29.2 Å². The average Bonchev–Trinajstić information content (AvgIpc) is 3.14. The van der Waals surface area contributed by atoms with Gasteiger partial charge in [0.25, 0.3) is 11.1 Å². The van der Waals surface area contributed by atoms with Crippen molar-refractivity contribution in [3.05, 3.63) is 39.1 Å². The second kappa shape index (κ2) is 5.68. The molecule has 0 saturated carbocycles. The van der Waals surface area contributed by atoms with E-state index in [1.165, 1.54) is 23.1 Å². The third-order valence-corrected chi connectivity index (χ3v) is 4.33. The number of aromatic nitrogens is 3. The summed E-state index contributed by atoms with van der Waals surface area (Å²) in [5.74, 6) is 1.60. The lowest BCUT2D eigenvalue weighted by atomic mass is 10.5. The van der Waals surface area contributed by atoms with E-state index in [0.717, 1.165) is 5.69 Å². The average molecular weight is 309 g/mol. The van der Waals surface area contributed by atoms with Crippen LogP contribution in [-0.4, -0.2) is 20.5 Å². The minimum atomic E-state index is 0.0601. The molecule has 0 aliphatic rings. The van der Waals surface area contributed by atoms with Gasteiger partial charge in [0.2, 0.25) is 0 Å². The van der Waals surface area contributed by atoms with Crippen LogP contribution in [0.5, 0.6) is 0 Å². The molecule has 0 radical (unpaired) electrons. The highest BCUT2D eigenvalue weighted by Crippen LogP contribution is 2.23. The topological polar surface area (TPSA) is 74.1 Å². The molecule has 3 heterocycles. The highest BCUT2D eigenvalue weighted by Gasteiger charge is 2.11. The largest absolute Gasteiger partial charge is 0.459 e. The van der Waals surface area contributed by atoms with Crippen LogP contribution < -0.4 is 4.87 Å². The van der Waals surface area contributed by atoms with Crippen molar-refractivity contribution in [2.24, 2.45) is 0 Å². The van der Waals surface area contributed by atoms with Gasteiger partial charge in [0.1, 0.15) is 0 Å². The summed E-state index contributed by atoms with van der Waals surface area (Å²) < 4.78 is 12.4. The van der Waals surface area contributed by atoms with Crippen LogP contribution in [0.4, 0.5) is 0 Å². The van der Waals surface area contributed by atoms with Crippen LogP contribution in [0.15, 0.2) is 42.6 Å². The molecule has 0 aliphatic carbocycles. The summed E-state index contributed by atoms with van der Waals surface area (Å²) >= 11 is 2.63. The molecule has 8 heteroatoms. The fraction of sp³-hybridized carbons (Fsp3) is 0.250. The van der Waals surface area contributed by atoms with E-state index in [1.807, 2.05) is 12.3 Å². The van der Waals surface area contributed by atoms with Gasteiger partial charge in [-0.05, 0) is 19.1 Å². The number of furan rings is 1. The molecule has 0 spiro atoms. The molecule has 0 N–H and O–H groups in total. The monoisotopic (exact) mass is 309 g/mol. The van der Waals surface area contributed by atoms with Gasteiger partial charge in [-0.15, -0.1) is 10.2 Å². The number of rotatable bonds is 5. The number of thioether (sulfide) groups is 1. The maximum absolute atomic E-state index is 11.6. The number of thiazole rings is 1. The SMILES string of the molecule is Cc1csc(=O)n1CCSc1nnc(-c2ccco2)o1. The summed E-state index contributed by atoms with van der Waals surface area (Å²) in [4.78, 5) is 11.6. The van der Waals surface area contributed by atoms with Gasteiger partial charge in [0, 0.05) is 23.4 Å². The molecule has 0 aromatic carbocycles. The second-order valence-corrected chi connectivity index (χ2v) is 5.86. The summed E-state index contributed by atoms with van der Waals surface area (Å²) in [5.41, 5.74) is 0.974. The quantitative estimate of drug-likeness (QED) is 0.675. The van der Waals surface area contributed by atoms with Crippen molar-refractivity contribution in [2.75, 3.05) is 5.75 Å². The Labute approximate surface area is 122 Å². The number of aryl methyl sites for hydroxylation is 1. The van der Waals surface area contributed by atoms with Gasteiger partial charge >= 0.3 is 4.87 Å². The lowest BCUT2D eigenvalue weighted by Gasteiger charge is -2.01. The molecule has 0 aliphatic heterocycles. The summed E-state index contributed by atoms with van der Waals surface area (Å²) in [6.45, 7) is 2.54. The Balaban J connectivity index is 1.61. The van der Waals surface area contributed by atoms with E-state index in [4.69, 9.17) is 8.83 Å². The van der Waals surface area contributed by atoms with Crippen LogP contribution >= 0.6 is 23.1 Å². The van der Waals surface area contributed by atoms with Gasteiger partial charge in [-0.1, -0.05) is 23.1 Å². The molecular formula is C12H11N3O3S2. The molecule has 0 fully saturated rings. The Kier molecular flexibility index (Phi) is 3.75. The summed E-state index contributed by atoms with van der Waals surface area (Å²) in [5, 5.41) is 10.2. The first-order valence-corrected chi connectivity index (χ1v) is 7.75. The zero-order valence-electron chi connectivity index (χ0n) is 10.6. The first-order valence-electron chi connectivity index (χ1n) is 5.89. The Morgan fingerprint density at radius 3 is 3.05 bits per heavy atom. The highest BCUT2D eigenvalue weighted by atomic mass is 32.2. The van der Waals surface area contributed by atoms with Crippen LogP contribution in [0, 0.1) is 6.92 Å². The standard InChI is InChI=1S/C12H11N3O3S2/c1-8-7-20-12(16)15(8)4-6-19-11-14-13-10(18-11)9-3-2-5-17-9/h2-3,5,7H,4,6H2,1H3. The Hall–Kier alpha value is -1.80. The van der Waals surface area contributed by atoms with Crippen molar-refractivity contribution in [1.29, 1.82) is 0 Å². The Morgan fingerprint density at radius 1 is 1.45 bits per heavy atom. The van der Waals surface area contributed by atoms with Crippen LogP contribution in [0.2, 0.25) is 0 Å². The molecule has 3 aromatic heterocycles. The predicted octanol–water partition coefficient (Wildman–Crippen LogP) is 2.65. The summed E-state index contributed by atoms with van der Waals surface area (Å²) in [6.07, 6.45) is 1.55. The lowest BCUT2D eigenvalue weighted by Crippen LogP contribution is -2.15. The van der Waals surface area contributed by atoms with E-state index >= 15 is 0 Å². The third kappa shape index (κ3) is 2.70. The minimum Gasteiger partial charge on any atom is -0.459 e. The molecule has 0 saturated heterocycles. The molecule has 0 unspecified atom stereocenters. The van der Waals surface area contributed by atoms with Crippen molar-refractivity contribution >= 4 is 23.1 Å². The number of nitrogens with zero attached hydrogens (tertiary/aromatic N) is 3. The predicted molar refractivity (Wildman–Crippen MR) is 76.0 cm³/mol. The van der Waals surface area contributed by atoms with Crippen molar-refractivity contribution < 1.29 is 8.83 Å². The second-order valence-electron chi connectivity index (χ2n) is 3.99. The molecule has 0 bridgehead atoms. The van der Waals surface area contributed by atoms with Crippen molar-refractivity contribution in [3.8, 4) is 11.7 Å². The zero-order valence-corrected chi connectivity index (χ0v) is 12.2. The van der Waals surface area contributed by atoms with E-state index in [1.54, 1.807) is 23.0 Å². The fourth-order valence-corrected chi connectivity index (χ4v) is 3.11. The smallest absolute Gasteiger partial charge is 0.307 e. The van der Waals surface area contributed by atoms with Crippen molar-refractivity contribution in [1.82, 2.24) is 14.8 Å². The zero-order chi connectivity index (χ0) is 13.9. The van der Waals surface area contributed by atoms with E-state index < -0.39 is 0 Å². The Morgan fingerprint density at radius 2 is 2.35 bits per heavy atom. The van der Waals surface area contributed by atoms with Gasteiger partial charge in [0.05, 0.1) is 6.26 Å². The molecule has 6 nitrogen and oxygen atoms in total. The van der Waals surface area contributed by atoms with Gasteiger partial charge in [-0.3, -0.25) is 4.79 Å². The molecule has 3 rings (SSSR count). The first-order chi connectivity index (χ1) is 9.74. The molecule has 0 amide bonds. The summed E-state index contributed by atoms with van der Waals surface area (Å²) in [7, 11) is 0. The van der Waals surface area contributed by atoms with Gasteiger partial charge in [-0.25, -0.2) is 0 Å². The van der Waals surface area contributed by atoms with E-state index in [-0.39, 0.29) is 4.87 Å². The van der Waals surface area contributed by atoms with Crippen LogP contribution in [-0.2, 0) is 6.54 Å². The lowest BCUT2D eigenvalue weighted by molar-refractivity contribution is 0.447. The highest BCUT2D eigenvalue weighted by molar-refractivity contribution is 7.99. The maximum atomic E-state index is 11.6. The first kappa shape index (κ1) is 13.2. The fourth-order valence-electron chi connectivity index (χ4n) is 1.67. The Bertz CT molecular complexity index is 742. The molecule has 104 valence electrons. The van der Waals surface area contributed by atoms with Crippen molar-refractivity contribution in [3.63, 3.8) is 0 Å². The van der Waals surface area contributed by atoms with Crippen LogP contribution in [0.25, 0.3) is 11.7 Å². The molecule has 20 heavy (non-hydrogen) atoms. The van der Waals surface area contributed by atoms with Crippen LogP contribution in [0.1, 0.15) is 5.69 Å². The molecule has 0 atom stereocenters. The molecular weight excluding hydrogens is 298 g/mol. The minimum absolute atomic E-state index is 0.0601. The third-order valence-electron chi connectivity index (χ3n) is 2.66. The van der Waals surface area contributed by atoms with Gasteiger partial charge in [0.15, 0.2) is 5.76 Å². The normalized spacial score (nSPS) is 11.1. The van der Waals surface area contributed by atoms with Gasteiger partial charge < -0.3 is 13.4 Å². The maximum Gasteiger partial charge on any atom is 0.307 e. The number of hydrogen-bond acceptors (Lipinski definition) is 7. The number of hydrogen-bond donors (Lipinski definition) is 0. The molecule has 3 aromatic rings.